The van der Waals surface area contributed by atoms with Gasteiger partial charge in [-0.15, -0.1) is 11.3 Å². The zero-order chi connectivity index (χ0) is 12.4. The minimum Gasteiger partial charge on any atom is -0.353 e. The van der Waals surface area contributed by atoms with Crippen molar-refractivity contribution >= 4 is 17.2 Å². The molecule has 2 heterocycles. The van der Waals surface area contributed by atoms with Crippen LogP contribution in [0, 0.1) is 0 Å². The van der Waals surface area contributed by atoms with Crippen LogP contribution in [-0.2, 0) is 4.79 Å². The molecule has 2 aromatic heterocycles. The van der Waals surface area contributed by atoms with Gasteiger partial charge < -0.3 is 9.88 Å². The molecule has 0 aromatic carbocycles. The summed E-state index contributed by atoms with van der Waals surface area (Å²) in [6, 6.07) is 8.69. The van der Waals surface area contributed by atoms with Crippen molar-refractivity contribution in [2.45, 2.75) is 31.3 Å². The van der Waals surface area contributed by atoms with Crippen molar-refractivity contribution in [3.05, 3.63) is 46.9 Å². The number of hydrogen-bond acceptors (Lipinski definition) is 2. The fourth-order valence-electron chi connectivity index (χ4n) is 2.08. The van der Waals surface area contributed by atoms with Gasteiger partial charge in [-0.25, -0.2) is 0 Å². The highest BCUT2D eigenvalue weighted by atomic mass is 32.1. The van der Waals surface area contributed by atoms with Crippen molar-refractivity contribution in [3.63, 3.8) is 0 Å². The van der Waals surface area contributed by atoms with Crippen molar-refractivity contribution in [3.8, 4) is 0 Å². The van der Waals surface area contributed by atoms with E-state index in [2.05, 4.69) is 21.3 Å². The molecule has 1 atom stereocenters. The van der Waals surface area contributed by atoms with E-state index in [9.17, 15) is 4.79 Å². The molecule has 3 nitrogen and oxygen atoms in total. The van der Waals surface area contributed by atoms with Crippen molar-refractivity contribution in [2.75, 3.05) is 0 Å². The minimum absolute atomic E-state index is 0.124. The first-order chi connectivity index (χ1) is 8.83. The van der Waals surface area contributed by atoms with Crippen LogP contribution in [0.15, 0.2) is 42.0 Å². The molecule has 1 N–H and O–H groups in total. The molecule has 3 rings (SSSR count). The number of amides is 1. The Morgan fingerprint density at radius 2 is 2.17 bits per heavy atom. The number of carbonyl (C=O) groups excluding carboxylic acids is 1. The van der Waals surface area contributed by atoms with Crippen LogP contribution in [0.25, 0.3) is 0 Å². The maximum Gasteiger partial charge on any atom is 0.222 e. The van der Waals surface area contributed by atoms with Gasteiger partial charge in [0.05, 0.1) is 12.5 Å². The molecule has 0 saturated heterocycles. The number of thiophene rings is 1. The Morgan fingerprint density at radius 1 is 1.39 bits per heavy atom. The lowest BCUT2D eigenvalue weighted by Gasteiger charge is -2.17. The summed E-state index contributed by atoms with van der Waals surface area (Å²) in [5, 5.41) is 5.12. The van der Waals surface area contributed by atoms with Gasteiger partial charge in [-0.2, -0.15) is 0 Å². The SMILES string of the molecule is O=C(CC(c1cccs1)n1cccc1)NC1CC1. The average molecular weight is 260 g/mol. The summed E-state index contributed by atoms with van der Waals surface area (Å²) < 4.78 is 2.11. The molecule has 18 heavy (non-hydrogen) atoms. The molecule has 0 radical (unpaired) electrons. The molecular formula is C14H16N2OS. The highest BCUT2D eigenvalue weighted by Crippen LogP contribution is 2.27. The number of nitrogens with one attached hydrogen (secondary N) is 1. The number of nitrogens with zero attached hydrogens (tertiary/aromatic N) is 1. The third-order valence-electron chi connectivity index (χ3n) is 3.18. The van der Waals surface area contributed by atoms with E-state index in [1.165, 1.54) is 4.88 Å². The van der Waals surface area contributed by atoms with Crippen LogP contribution >= 0.6 is 11.3 Å². The van der Waals surface area contributed by atoms with Crippen LogP contribution in [0.5, 0.6) is 0 Å². The standard InChI is InChI=1S/C14H16N2OS/c17-14(15-11-5-6-11)10-12(13-4-3-9-18-13)16-7-1-2-8-16/h1-4,7-9,11-12H,5-6,10H2,(H,15,17). The van der Waals surface area contributed by atoms with E-state index in [4.69, 9.17) is 0 Å². The summed E-state index contributed by atoms with van der Waals surface area (Å²) in [5.41, 5.74) is 0. The van der Waals surface area contributed by atoms with Gasteiger partial charge in [0.15, 0.2) is 0 Å². The van der Waals surface area contributed by atoms with Crippen LogP contribution < -0.4 is 5.32 Å². The summed E-state index contributed by atoms with van der Waals surface area (Å²) in [6.07, 6.45) is 6.84. The van der Waals surface area contributed by atoms with E-state index < -0.39 is 0 Å². The Bertz CT molecular complexity index is 466. The normalized spacial score (nSPS) is 16.4. The molecule has 2 aromatic rings. The van der Waals surface area contributed by atoms with Gasteiger partial charge in [0, 0.05) is 23.3 Å². The van der Waals surface area contributed by atoms with E-state index in [-0.39, 0.29) is 11.9 Å². The molecule has 0 bridgehead atoms. The van der Waals surface area contributed by atoms with Gasteiger partial charge in [-0.3, -0.25) is 4.79 Å². The molecule has 1 aliphatic rings. The van der Waals surface area contributed by atoms with Crippen molar-refractivity contribution in [1.82, 2.24) is 9.88 Å². The summed E-state index contributed by atoms with van der Waals surface area (Å²) in [6.45, 7) is 0. The van der Waals surface area contributed by atoms with Gasteiger partial charge in [0.1, 0.15) is 0 Å². The Balaban J connectivity index is 1.75. The smallest absolute Gasteiger partial charge is 0.222 e. The molecule has 1 unspecified atom stereocenters. The summed E-state index contributed by atoms with van der Waals surface area (Å²) in [7, 11) is 0. The van der Waals surface area contributed by atoms with Crippen LogP contribution in [0.1, 0.15) is 30.2 Å². The summed E-state index contributed by atoms with van der Waals surface area (Å²) >= 11 is 1.70. The Hall–Kier alpha value is -1.55. The second-order valence-electron chi connectivity index (χ2n) is 4.71. The zero-order valence-corrected chi connectivity index (χ0v) is 10.9. The maximum atomic E-state index is 12.0. The van der Waals surface area contributed by atoms with Gasteiger partial charge >= 0.3 is 0 Å². The molecular weight excluding hydrogens is 244 g/mol. The zero-order valence-electron chi connectivity index (χ0n) is 10.1. The molecule has 0 aliphatic heterocycles. The lowest BCUT2D eigenvalue weighted by atomic mass is 10.1. The highest BCUT2D eigenvalue weighted by molar-refractivity contribution is 7.10. The second kappa shape index (κ2) is 4.98. The quantitative estimate of drug-likeness (QED) is 0.881. The lowest BCUT2D eigenvalue weighted by Crippen LogP contribution is -2.28. The van der Waals surface area contributed by atoms with Crippen molar-refractivity contribution < 1.29 is 4.79 Å². The predicted octanol–water partition coefficient (Wildman–Crippen LogP) is 2.81. The van der Waals surface area contributed by atoms with Gasteiger partial charge in [0.2, 0.25) is 5.91 Å². The first kappa shape index (κ1) is 11.5. The molecule has 94 valence electrons. The van der Waals surface area contributed by atoms with Gasteiger partial charge in [-0.05, 0) is 36.4 Å². The molecule has 4 heteroatoms. The third-order valence-corrected chi connectivity index (χ3v) is 4.15. The second-order valence-corrected chi connectivity index (χ2v) is 5.69. The fourth-order valence-corrected chi connectivity index (χ4v) is 2.91. The Labute approximate surface area is 110 Å². The lowest BCUT2D eigenvalue weighted by molar-refractivity contribution is -0.121. The fraction of sp³-hybridized carbons (Fsp3) is 0.357. The Kier molecular flexibility index (Phi) is 3.19. The average Bonchev–Trinajstić information content (AvgIpc) is 2.91. The Morgan fingerprint density at radius 3 is 2.78 bits per heavy atom. The highest BCUT2D eigenvalue weighted by Gasteiger charge is 2.25. The molecule has 1 fully saturated rings. The van der Waals surface area contributed by atoms with E-state index in [0.717, 1.165) is 12.8 Å². The molecule has 1 aliphatic carbocycles. The van der Waals surface area contributed by atoms with Crippen LogP contribution in [0.2, 0.25) is 0 Å². The summed E-state index contributed by atoms with van der Waals surface area (Å²) in [4.78, 5) is 13.2. The van der Waals surface area contributed by atoms with Crippen molar-refractivity contribution in [1.29, 1.82) is 0 Å². The van der Waals surface area contributed by atoms with Crippen LogP contribution in [0.3, 0.4) is 0 Å². The number of rotatable bonds is 5. The van der Waals surface area contributed by atoms with Crippen molar-refractivity contribution in [2.24, 2.45) is 0 Å². The molecule has 0 spiro atoms. The van der Waals surface area contributed by atoms with Gasteiger partial charge in [-0.1, -0.05) is 6.07 Å². The van der Waals surface area contributed by atoms with Crippen LogP contribution in [-0.4, -0.2) is 16.5 Å². The number of aromatic nitrogens is 1. The van der Waals surface area contributed by atoms with E-state index in [1.54, 1.807) is 11.3 Å². The number of hydrogen-bond donors (Lipinski definition) is 1. The molecule has 1 amide bonds. The van der Waals surface area contributed by atoms with Crippen LogP contribution in [0.4, 0.5) is 0 Å². The first-order valence-electron chi connectivity index (χ1n) is 6.28. The predicted molar refractivity (Wildman–Crippen MR) is 72.7 cm³/mol. The largest absolute Gasteiger partial charge is 0.353 e. The maximum absolute atomic E-state index is 12.0. The van der Waals surface area contributed by atoms with E-state index in [0.29, 0.717) is 12.5 Å². The summed E-state index contributed by atoms with van der Waals surface area (Å²) in [5.74, 6) is 0.157. The van der Waals surface area contributed by atoms with E-state index >= 15 is 0 Å². The van der Waals surface area contributed by atoms with Gasteiger partial charge in [0.25, 0.3) is 0 Å². The van der Waals surface area contributed by atoms with E-state index in [1.807, 2.05) is 30.6 Å². The topological polar surface area (TPSA) is 34.0 Å². The number of carbonyl (C=O) groups is 1. The third kappa shape index (κ3) is 2.64. The minimum atomic E-state index is 0.124. The first-order valence-corrected chi connectivity index (χ1v) is 7.16. The molecule has 1 saturated carbocycles. The monoisotopic (exact) mass is 260 g/mol.